The van der Waals surface area contributed by atoms with Crippen LogP contribution in [0.25, 0.3) is 0 Å². The molecule has 0 N–H and O–H groups in total. The van der Waals surface area contributed by atoms with Gasteiger partial charge in [-0.05, 0) is 43.1 Å². The average Bonchev–Trinajstić information content (AvgIpc) is 2.38. The van der Waals surface area contributed by atoms with Gasteiger partial charge in [-0.1, -0.05) is 26.8 Å². The van der Waals surface area contributed by atoms with Gasteiger partial charge in [0.05, 0.1) is 6.10 Å². The average molecular weight is 292 g/mol. The van der Waals surface area contributed by atoms with Crippen molar-refractivity contribution in [2.24, 2.45) is 0 Å². The van der Waals surface area contributed by atoms with Crippen molar-refractivity contribution in [3.63, 3.8) is 0 Å². The summed E-state index contributed by atoms with van der Waals surface area (Å²) >= 11 is 0. The second kappa shape index (κ2) is 5.86. The van der Waals surface area contributed by atoms with Crippen LogP contribution >= 0.6 is 0 Å². The zero-order chi connectivity index (χ0) is 14.8. The lowest BCUT2D eigenvalue weighted by Gasteiger charge is -2.42. The smallest absolute Gasteiger partial charge is 0.192 e. The van der Waals surface area contributed by atoms with Gasteiger partial charge in [-0.25, -0.2) is 4.98 Å². The third-order valence-corrected chi connectivity index (χ3v) is 9.15. The highest BCUT2D eigenvalue weighted by Gasteiger charge is 2.39. The van der Waals surface area contributed by atoms with Gasteiger partial charge in [-0.2, -0.15) is 0 Å². The molecule has 2 heterocycles. The fourth-order valence-corrected chi connectivity index (χ4v) is 3.76. The molecule has 1 saturated heterocycles. The van der Waals surface area contributed by atoms with E-state index in [1.165, 1.54) is 12.8 Å². The molecule has 0 radical (unpaired) electrons. The number of hydrogen-bond acceptors (Lipinski definition) is 3. The van der Waals surface area contributed by atoms with Crippen LogP contribution < -0.4 is 4.90 Å². The molecule has 0 aromatic carbocycles. The van der Waals surface area contributed by atoms with E-state index in [9.17, 15) is 0 Å². The van der Waals surface area contributed by atoms with E-state index >= 15 is 0 Å². The lowest BCUT2D eigenvalue weighted by molar-refractivity contribution is 0.160. The monoisotopic (exact) mass is 292 g/mol. The molecule has 4 heteroatoms. The SMILES string of the molecule is CC(C)(C)[Si](C)(C)OC1CCCN(c2ccccn2)C1. The molecule has 2 rings (SSSR count). The Labute approximate surface area is 124 Å². The highest BCUT2D eigenvalue weighted by Crippen LogP contribution is 2.38. The van der Waals surface area contributed by atoms with E-state index in [1.54, 1.807) is 0 Å². The van der Waals surface area contributed by atoms with Crippen molar-refractivity contribution in [3.8, 4) is 0 Å². The van der Waals surface area contributed by atoms with Crippen LogP contribution in [0, 0.1) is 0 Å². The Kier molecular flexibility index (Phi) is 4.54. The summed E-state index contributed by atoms with van der Waals surface area (Å²) in [5, 5.41) is 0.278. The number of piperidine rings is 1. The summed E-state index contributed by atoms with van der Waals surface area (Å²) in [6, 6.07) is 6.12. The molecule has 1 aliphatic rings. The standard InChI is InChI=1S/C16H28N2OSi/c1-16(2,3)20(4,5)19-14-9-8-12-18(13-14)15-10-6-7-11-17-15/h6-7,10-11,14H,8-9,12-13H2,1-5H3. The van der Waals surface area contributed by atoms with E-state index in [1.807, 2.05) is 12.3 Å². The molecule has 20 heavy (non-hydrogen) atoms. The van der Waals surface area contributed by atoms with E-state index < -0.39 is 8.32 Å². The van der Waals surface area contributed by atoms with Crippen LogP contribution in [0.1, 0.15) is 33.6 Å². The van der Waals surface area contributed by atoms with Gasteiger partial charge in [0.1, 0.15) is 5.82 Å². The van der Waals surface area contributed by atoms with Gasteiger partial charge in [0.2, 0.25) is 0 Å². The van der Waals surface area contributed by atoms with Crippen LogP contribution in [-0.4, -0.2) is 32.5 Å². The molecule has 1 atom stereocenters. The van der Waals surface area contributed by atoms with Gasteiger partial charge >= 0.3 is 0 Å². The molecule has 0 spiro atoms. The lowest BCUT2D eigenvalue weighted by atomic mass is 10.1. The van der Waals surface area contributed by atoms with Gasteiger partial charge in [0.15, 0.2) is 8.32 Å². The number of anilines is 1. The molecular formula is C16H28N2OSi. The van der Waals surface area contributed by atoms with E-state index in [-0.39, 0.29) is 5.04 Å². The van der Waals surface area contributed by atoms with Crippen LogP contribution in [0.15, 0.2) is 24.4 Å². The Bertz CT molecular complexity index is 428. The lowest BCUT2D eigenvalue weighted by Crippen LogP contribution is -2.49. The van der Waals surface area contributed by atoms with Crippen LogP contribution in [0.4, 0.5) is 5.82 Å². The molecule has 1 aromatic heterocycles. The fraction of sp³-hybridized carbons (Fsp3) is 0.688. The minimum atomic E-state index is -1.67. The van der Waals surface area contributed by atoms with Crippen LogP contribution in [0.5, 0.6) is 0 Å². The number of aromatic nitrogens is 1. The van der Waals surface area contributed by atoms with Crippen molar-refractivity contribution in [1.82, 2.24) is 4.98 Å². The number of hydrogen-bond donors (Lipinski definition) is 0. The summed E-state index contributed by atoms with van der Waals surface area (Å²) in [6.45, 7) is 13.7. The molecule has 0 aliphatic carbocycles. The largest absolute Gasteiger partial charge is 0.412 e. The first-order valence-electron chi connectivity index (χ1n) is 7.63. The van der Waals surface area contributed by atoms with E-state index in [0.717, 1.165) is 18.9 Å². The maximum Gasteiger partial charge on any atom is 0.192 e. The number of nitrogens with zero attached hydrogens (tertiary/aromatic N) is 2. The summed E-state index contributed by atoms with van der Waals surface area (Å²) in [5.74, 6) is 1.08. The third-order valence-electron chi connectivity index (χ3n) is 4.62. The van der Waals surface area contributed by atoms with E-state index in [4.69, 9.17) is 4.43 Å². The Balaban J connectivity index is 2.01. The quantitative estimate of drug-likeness (QED) is 0.785. The van der Waals surface area contributed by atoms with Crippen molar-refractivity contribution >= 4 is 14.1 Å². The fourth-order valence-electron chi connectivity index (χ4n) is 2.38. The Morgan fingerprint density at radius 1 is 1.30 bits per heavy atom. The summed E-state index contributed by atoms with van der Waals surface area (Å²) in [5.41, 5.74) is 0. The Hall–Kier alpha value is -0.873. The highest BCUT2D eigenvalue weighted by atomic mass is 28.4. The summed E-state index contributed by atoms with van der Waals surface area (Å²) in [4.78, 5) is 6.83. The second-order valence-electron chi connectivity index (χ2n) is 7.28. The Morgan fingerprint density at radius 2 is 2.05 bits per heavy atom. The maximum absolute atomic E-state index is 6.56. The zero-order valence-corrected chi connectivity index (χ0v) is 14.5. The van der Waals surface area contributed by atoms with Crippen LogP contribution in [0.3, 0.4) is 0 Å². The molecule has 1 aliphatic heterocycles. The summed E-state index contributed by atoms with van der Waals surface area (Å²) < 4.78 is 6.56. The topological polar surface area (TPSA) is 25.4 Å². The molecule has 112 valence electrons. The van der Waals surface area contributed by atoms with Crippen LogP contribution in [-0.2, 0) is 4.43 Å². The molecule has 1 aromatic rings. The van der Waals surface area contributed by atoms with Gasteiger partial charge < -0.3 is 9.33 Å². The Morgan fingerprint density at radius 3 is 2.65 bits per heavy atom. The van der Waals surface area contributed by atoms with Crippen molar-refractivity contribution < 1.29 is 4.43 Å². The minimum Gasteiger partial charge on any atom is -0.412 e. The molecule has 0 bridgehead atoms. The van der Waals surface area contributed by atoms with Gasteiger partial charge in [0.25, 0.3) is 0 Å². The summed E-state index contributed by atoms with van der Waals surface area (Å²) in [7, 11) is -1.67. The number of rotatable bonds is 3. The van der Waals surface area contributed by atoms with Crippen molar-refractivity contribution in [2.75, 3.05) is 18.0 Å². The first kappa shape index (κ1) is 15.5. The van der Waals surface area contributed by atoms with Gasteiger partial charge in [-0.15, -0.1) is 0 Å². The molecule has 0 saturated carbocycles. The maximum atomic E-state index is 6.56. The van der Waals surface area contributed by atoms with Crippen molar-refractivity contribution in [2.45, 2.75) is 57.8 Å². The summed E-state index contributed by atoms with van der Waals surface area (Å²) in [6.07, 6.45) is 4.59. The molecule has 1 unspecified atom stereocenters. The third kappa shape index (κ3) is 3.61. The van der Waals surface area contributed by atoms with E-state index in [0.29, 0.717) is 6.10 Å². The van der Waals surface area contributed by atoms with Crippen molar-refractivity contribution in [3.05, 3.63) is 24.4 Å². The first-order chi connectivity index (χ1) is 9.29. The molecule has 0 amide bonds. The second-order valence-corrected chi connectivity index (χ2v) is 12.0. The van der Waals surface area contributed by atoms with Crippen molar-refractivity contribution in [1.29, 1.82) is 0 Å². The predicted molar refractivity (Wildman–Crippen MR) is 87.8 cm³/mol. The normalized spacial score (nSPS) is 21.1. The first-order valence-corrected chi connectivity index (χ1v) is 10.5. The highest BCUT2D eigenvalue weighted by molar-refractivity contribution is 6.74. The zero-order valence-electron chi connectivity index (χ0n) is 13.5. The minimum absolute atomic E-state index is 0.278. The van der Waals surface area contributed by atoms with Gasteiger partial charge in [-0.3, -0.25) is 0 Å². The van der Waals surface area contributed by atoms with E-state index in [2.05, 4.69) is 55.9 Å². The molecule has 1 fully saturated rings. The number of pyridine rings is 1. The molecular weight excluding hydrogens is 264 g/mol. The van der Waals surface area contributed by atoms with Gasteiger partial charge in [0, 0.05) is 19.3 Å². The molecule has 3 nitrogen and oxygen atoms in total. The predicted octanol–water partition coefficient (Wildman–Crippen LogP) is 4.07. The van der Waals surface area contributed by atoms with Crippen LogP contribution in [0.2, 0.25) is 18.1 Å².